The van der Waals surface area contributed by atoms with Crippen molar-refractivity contribution in [3.8, 4) is 0 Å². The highest BCUT2D eigenvalue weighted by Crippen LogP contribution is 2.32. The Balaban J connectivity index is 1.76. The Kier molecular flexibility index (Phi) is 6.60. The Morgan fingerprint density at radius 1 is 1.12 bits per heavy atom. The highest BCUT2D eigenvalue weighted by Gasteiger charge is 2.23. The molecule has 9 nitrogen and oxygen atoms in total. The first-order valence-corrected chi connectivity index (χ1v) is 12.6. The normalized spacial score (nSPS) is 11.5. The lowest BCUT2D eigenvalue weighted by atomic mass is 10.1. The molecule has 1 amide bonds. The minimum Gasteiger partial charge on any atom is -0.465 e. The summed E-state index contributed by atoms with van der Waals surface area (Å²) in [4.78, 5) is 23.1. The van der Waals surface area contributed by atoms with E-state index in [1.165, 1.54) is 19.1 Å². The van der Waals surface area contributed by atoms with Crippen LogP contribution in [0.15, 0.2) is 58.8 Å². The van der Waals surface area contributed by atoms with Crippen LogP contribution >= 0.6 is 22.9 Å². The van der Waals surface area contributed by atoms with Gasteiger partial charge in [0.15, 0.2) is 11.6 Å². The largest absolute Gasteiger partial charge is 0.465 e. The molecule has 2 aromatic heterocycles. The van der Waals surface area contributed by atoms with Gasteiger partial charge in [-0.25, -0.2) is 13.2 Å². The summed E-state index contributed by atoms with van der Waals surface area (Å²) in [6.45, 7) is 1.82. The molecule has 2 aromatic carbocycles. The zero-order valence-electron chi connectivity index (χ0n) is 17.8. The quantitative estimate of drug-likeness (QED) is 0.293. The van der Waals surface area contributed by atoms with Crippen LogP contribution in [0.5, 0.6) is 0 Å². The monoisotopic (exact) mass is 518 g/mol. The second kappa shape index (κ2) is 9.45. The maximum absolute atomic E-state index is 12.9. The van der Waals surface area contributed by atoms with Crippen molar-refractivity contribution in [2.75, 3.05) is 4.72 Å². The van der Waals surface area contributed by atoms with E-state index in [0.29, 0.717) is 20.8 Å². The van der Waals surface area contributed by atoms with Crippen LogP contribution in [0, 0.1) is 0 Å². The van der Waals surface area contributed by atoms with Gasteiger partial charge in [0.25, 0.3) is 10.0 Å². The van der Waals surface area contributed by atoms with Crippen molar-refractivity contribution in [2.45, 2.75) is 24.2 Å². The standard InChI is InChI=1S/C22H19ClN4O5S2/c1-13(28)16-6-3-7-17-20(16)21(26-34(31,32)19-9-8-18(23)33-19)25-27(17)12-15-5-2-4-14(10-15)11-24-22(29)30/h2-10,24H,11-12H2,1H3,(H,25,26)(H,29,30). The van der Waals surface area contributed by atoms with Gasteiger partial charge in [0.1, 0.15) is 4.21 Å². The number of hydrogen-bond acceptors (Lipinski definition) is 6. The third-order valence-electron chi connectivity index (χ3n) is 4.97. The van der Waals surface area contributed by atoms with Crippen LogP contribution in [0.1, 0.15) is 28.4 Å². The van der Waals surface area contributed by atoms with Gasteiger partial charge in [-0.05, 0) is 36.2 Å². The lowest BCUT2D eigenvalue weighted by molar-refractivity contribution is 0.101. The first-order valence-electron chi connectivity index (χ1n) is 9.97. The molecule has 0 unspecified atom stereocenters. The number of benzene rings is 2. The average molecular weight is 519 g/mol. The average Bonchev–Trinajstić information content (AvgIpc) is 3.37. The molecule has 0 spiro atoms. The molecule has 4 rings (SSSR count). The number of aromatic nitrogens is 2. The second-order valence-electron chi connectivity index (χ2n) is 7.40. The van der Waals surface area contributed by atoms with Gasteiger partial charge in [-0.2, -0.15) is 5.10 Å². The number of fused-ring (bicyclic) bond motifs is 1. The van der Waals surface area contributed by atoms with Gasteiger partial charge < -0.3 is 10.4 Å². The summed E-state index contributed by atoms with van der Waals surface area (Å²) >= 11 is 6.82. The summed E-state index contributed by atoms with van der Waals surface area (Å²) in [6.07, 6.45) is -1.12. The summed E-state index contributed by atoms with van der Waals surface area (Å²) in [5.74, 6) is -0.194. The Morgan fingerprint density at radius 2 is 1.85 bits per heavy atom. The number of halogens is 1. The molecule has 0 saturated heterocycles. The first kappa shape index (κ1) is 23.7. The van der Waals surface area contributed by atoms with Crippen molar-refractivity contribution in [1.29, 1.82) is 0 Å². The fourth-order valence-electron chi connectivity index (χ4n) is 3.52. The minimum absolute atomic E-state index is 0.0270. The van der Waals surface area contributed by atoms with Crippen LogP contribution in [0.3, 0.4) is 0 Å². The number of Topliss-reactive ketones (excluding diaryl/α,β-unsaturated/α-hetero) is 1. The van der Waals surface area contributed by atoms with E-state index in [2.05, 4.69) is 15.1 Å². The lowest BCUT2D eigenvalue weighted by Crippen LogP contribution is -2.20. The van der Waals surface area contributed by atoms with E-state index in [1.54, 1.807) is 35.0 Å². The van der Waals surface area contributed by atoms with Gasteiger partial charge in [-0.1, -0.05) is 48.0 Å². The van der Waals surface area contributed by atoms with Crippen LogP contribution < -0.4 is 10.0 Å². The van der Waals surface area contributed by atoms with Crippen molar-refractivity contribution in [1.82, 2.24) is 15.1 Å². The minimum atomic E-state index is -3.98. The Morgan fingerprint density at radius 3 is 2.53 bits per heavy atom. The molecule has 0 aliphatic carbocycles. The molecule has 0 saturated carbocycles. The number of carbonyl (C=O) groups is 2. The smallest absolute Gasteiger partial charge is 0.404 e. The highest BCUT2D eigenvalue weighted by molar-refractivity contribution is 7.94. The number of rotatable bonds is 8. The molecule has 0 bridgehead atoms. The zero-order chi connectivity index (χ0) is 24.5. The maximum Gasteiger partial charge on any atom is 0.404 e. The van der Waals surface area contributed by atoms with Crippen molar-refractivity contribution in [3.05, 3.63) is 75.6 Å². The van der Waals surface area contributed by atoms with Crippen LogP contribution in [-0.4, -0.2) is 35.2 Å². The van der Waals surface area contributed by atoms with E-state index in [4.69, 9.17) is 16.7 Å². The van der Waals surface area contributed by atoms with Crippen molar-refractivity contribution >= 4 is 61.6 Å². The summed E-state index contributed by atoms with van der Waals surface area (Å²) < 4.78 is 30.3. The van der Waals surface area contributed by atoms with Crippen molar-refractivity contribution in [3.63, 3.8) is 0 Å². The van der Waals surface area contributed by atoms with E-state index in [1.807, 2.05) is 12.1 Å². The molecule has 0 fully saturated rings. The third-order valence-corrected chi connectivity index (χ3v) is 8.03. The molecule has 2 heterocycles. The Hall–Kier alpha value is -3.41. The number of ketones is 1. The van der Waals surface area contributed by atoms with Gasteiger partial charge >= 0.3 is 6.09 Å². The first-order chi connectivity index (χ1) is 16.1. The van der Waals surface area contributed by atoms with Gasteiger partial charge in [0.05, 0.1) is 21.8 Å². The molecule has 3 N–H and O–H groups in total. The molecule has 0 radical (unpaired) electrons. The summed E-state index contributed by atoms with van der Waals surface area (Å²) in [5.41, 5.74) is 2.49. The van der Waals surface area contributed by atoms with E-state index in [9.17, 15) is 18.0 Å². The molecular weight excluding hydrogens is 500 g/mol. The number of carboxylic acid groups (broad SMARTS) is 1. The van der Waals surface area contributed by atoms with E-state index in [0.717, 1.165) is 22.5 Å². The Labute approximate surface area is 204 Å². The lowest BCUT2D eigenvalue weighted by Gasteiger charge is -2.07. The molecule has 0 atom stereocenters. The van der Waals surface area contributed by atoms with Gasteiger partial charge in [0, 0.05) is 12.1 Å². The van der Waals surface area contributed by atoms with Crippen molar-refractivity contribution < 1.29 is 23.1 Å². The summed E-state index contributed by atoms with van der Waals surface area (Å²) in [5, 5.41) is 16.0. The van der Waals surface area contributed by atoms with Gasteiger partial charge in [0.2, 0.25) is 0 Å². The number of hydrogen-bond donors (Lipinski definition) is 3. The maximum atomic E-state index is 12.9. The number of carbonyl (C=O) groups excluding carboxylic acids is 1. The number of thiophene rings is 1. The van der Waals surface area contributed by atoms with E-state index >= 15 is 0 Å². The number of nitrogens with zero attached hydrogens (tertiary/aromatic N) is 2. The van der Waals surface area contributed by atoms with E-state index in [-0.39, 0.29) is 28.9 Å². The predicted molar refractivity (Wildman–Crippen MR) is 130 cm³/mol. The molecular formula is C22H19ClN4O5S2. The van der Waals surface area contributed by atoms with Crippen LogP contribution in [0.2, 0.25) is 4.34 Å². The van der Waals surface area contributed by atoms with Crippen LogP contribution in [0.25, 0.3) is 10.9 Å². The number of anilines is 1. The molecule has 176 valence electrons. The topological polar surface area (TPSA) is 130 Å². The molecule has 34 heavy (non-hydrogen) atoms. The summed E-state index contributed by atoms with van der Waals surface area (Å²) in [6, 6.07) is 15.2. The van der Waals surface area contributed by atoms with Gasteiger partial charge in [-0.3, -0.25) is 14.2 Å². The zero-order valence-corrected chi connectivity index (χ0v) is 20.2. The summed E-state index contributed by atoms with van der Waals surface area (Å²) in [7, 11) is -3.98. The number of amides is 1. The van der Waals surface area contributed by atoms with Gasteiger partial charge in [-0.15, -0.1) is 11.3 Å². The molecule has 12 heteroatoms. The molecule has 0 aliphatic rings. The second-order valence-corrected chi connectivity index (χ2v) is 11.0. The fraction of sp³-hybridized carbons (Fsp3) is 0.136. The molecule has 4 aromatic rings. The predicted octanol–water partition coefficient (Wildman–Crippen LogP) is 4.57. The van der Waals surface area contributed by atoms with Crippen LogP contribution in [-0.2, 0) is 23.1 Å². The van der Waals surface area contributed by atoms with Crippen molar-refractivity contribution in [2.24, 2.45) is 0 Å². The number of sulfonamides is 1. The Bertz CT molecular complexity index is 1510. The molecule has 0 aliphatic heterocycles. The van der Waals surface area contributed by atoms with E-state index < -0.39 is 16.1 Å². The van der Waals surface area contributed by atoms with Crippen LogP contribution in [0.4, 0.5) is 10.6 Å². The number of nitrogens with one attached hydrogen (secondary N) is 2. The highest BCUT2D eigenvalue weighted by atomic mass is 35.5. The SMILES string of the molecule is CC(=O)c1cccc2c1c(NS(=O)(=O)c1ccc(Cl)s1)nn2Cc1cccc(CNC(=O)O)c1. The fourth-order valence-corrected chi connectivity index (χ4v) is 6.01. The third kappa shape index (κ3) is 5.06.